The van der Waals surface area contributed by atoms with Crippen molar-refractivity contribution in [2.45, 2.75) is 36.9 Å². The Labute approximate surface area is 262 Å². The summed E-state index contributed by atoms with van der Waals surface area (Å²) in [7, 11) is 3.06. The minimum atomic E-state index is -0.686. The van der Waals surface area contributed by atoms with E-state index in [0.29, 0.717) is 61.4 Å². The van der Waals surface area contributed by atoms with E-state index in [9.17, 15) is 14.9 Å². The Morgan fingerprint density at radius 3 is 2.70 bits per heavy atom. The monoisotopic (exact) mass is 636 g/mol. The lowest BCUT2D eigenvalue weighted by Gasteiger charge is -2.42. The van der Waals surface area contributed by atoms with Gasteiger partial charge in [-0.3, -0.25) is 14.5 Å². The van der Waals surface area contributed by atoms with Crippen LogP contribution in [0.4, 0.5) is 10.8 Å². The Balaban J connectivity index is 1.44. The Hall–Kier alpha value is -4.05. The quantitative estimate of drug-likeness (QED) is 0.288. The van der Waals surface area contributed by atoms with Gasteiger partial charge < -0.3 is 20.5 Å². The summed E-state index contributed by atoms with van der Waals surface area (Å²) in [5, 5.41) is 22.6. The van der Waals surface area contributed by atoms with Crippen LogP contribution in [0.2, 0.25) is 5.02 Å². The van der Waals surface area contributed by atoms with Gasteiger partial charge in [-0.25, -0.2) is 0 Å². The maximum atomic E-state index is 13.7. The van der Waals surface area contributed by atoms with Crippen LogP contribution in [0.3, 0.4) is 0 Å². The molecule has 2 aliphatic rings. The summed E-state index contributed by atoms with van der Waals surface area (Å²) in [4.78, 5) is 28.1. The first-order valence-electron chi connectivity index (χ1n) is 13.3. The van der Waals surface area contributed by atoms with Crippen molar-refractivity contribution in [3.05, 3.63) is 75.7 Å². The topological polar surface area (TPSA) is 143 Å². The maximum Gasteiger partial charge on any atom is 0.234 e. The highest BCUT2D eigenvalue weighted by molar-refractivity contribution is 8.01. The summed E-state index contributed by atoms with van der Waals surface area (Å²) in [5.74, 6) is 0.305. The molecule has 43 heavy (non-hydrogen) atoms. The SMILES string of the molecule is COc1ccc(NC(=O)CSc2nnc(N3C(N)=C(C#N)C(c4ccccc4Cl)C4=C3CC(C)(C)CC4=O)s2)c(OC)c1. The number of halogens is 1. The van der Waals surface area contributed by atoms with E-state index in [1.165, 1.54) is 30.2 Å². The Morgan fingerprint density at radius 1 is 1.23 bits per heavy atom. The first-order chi connectivity index (χ1) is 20.6. The van der Waals surface area contributed by atoms with E-state index in [1.54, 1.807) is 42.3 Å². The molecule has 0 spiro atoms. The van der Waals surface area contributed by atoms with Gasteiger partial charge in [0.1, 0.15) is 17.3 Å². The number of carbonyl (C=O) groups excluding carboxylic acids is 2. The molecule has 1 atom stereocenters. The second kappa shape index (κ2) is 12.3. The van der Waals surface area contributed by atoms with Crippen LogP contribution in [-0.4, -0.2) is 41.9 Å². The van der Waals surface area contributed by atoms with Gasteiger partial charge in [0.05, 0.1) is 43.2 Å². The second-order valence-electron chi connectivity index (χ2n) is 10.8. The summed E-state index contributed by atoms with van der Waals surface area (Å²) in [6.45, 7) is 4.05. The molecule has 5 rings (SSSR count). The normalized spacial score (nSPS) is 17.8. The third kappa shape index (κ3) is 6.06. The molecule has 3 N–H and O–H groups in total. The van der Waals surface area contributed by atoms with E-state index in [1.807, 2.05) is 26.0 Å². The largest absolute Gasteiger partial charge is 0.497 e. The molecular formula is C30H29ClN6O4S2. The number of benzene rings is 2. The number of ether oxygens (including phenoxy) is 2. The Bertz CT molecular complexity index is 1710. The first kappa shape index (κ1) is 30.4. The second-order valence-corrected chi connectivity index (χ2v) is 13.3. The van der Waals surface area contributed by atoms with Crippen LogP contribution in [-0.2, 0) is 9.59 Å². The fourth-order valence-electron chi connectivity index (χ4n) is 5.31. The van der Waals surface area contributed by atoms with Gasteiger partial charge in [-0.1, -0.05) is 66.7 Å². The number of aromatic nitrogens is 2. The molecule has 1 amide bonds. The van der Waals surface area contributed by atoms with Crippen LogP contribution < -0.4 is 25.4 Å². The Morgan fingerprint density at radius 2 is 2.00 bits per heavy atom. The van der Waals surface area contributed by atoms with E-state index in [0.717, 1.165) is 0 Å². The van der Waals surface area contributed by atoms with Crippen molar-refractivity contribution >= 4 is 57.2 Å². The number of Topliss-reactive ketones (excluding diaryl/α,β-unsaturated/α-hetero) is 1. The molecule has 2 heterocycles. The molecule has 0 fully saturated rings. The van der Waals surface area contributed by atoms with E-state index >= 15 is 0 Å². The molecule has 222 valence electrons. The van der Waals surface area contributed by atoms with E-state index in [-0.39, 0.29) is 34.3 Å². The number of rotatable bonds is 8. The third-order valence-electron chi connectivity index (χ3n) is 7.19. The van der Waals surface area contributed by atoms with Crippen LogP contribution in [0.1, 0.15) is 38.2 Å². The lowest BCUT2D eigenvalue weighted by Crippen LogP contribution is -2.42. The molecular weight excluding hydrogens is 608 g/mol. The molecule has 1 aliphatic heterocycles. The molecule has 1 aliphatic carbocycles. The predicted molar refractivity (Wildman–Crippen MR) is 167 cm³/mol. The number of methoxy groups -OCH3 is 2. The van der Waals surface area contributed by atoms with Crippen molar-refractivity contribution in [3.63, 3.8) is 0 Å². The van der Waals surface area contributed by atoms with Crippen molar-refractivity contribution < 1.29 is 19.1 Å². The third-order valence-corrected chi connectivity index (χ3v) is 9.58. The number of ketones is 1. The van der Waals surface area contributed by atoms with E-state index in [4.69, 9.17) is 26.8 Å². The molecule has 0 bridgehead atoms. The fraction of sp³-hybridized carbons (Fsp3) is 0.300. The lowest BCUT2D eigenvalue weighted by atomic mass is 9.68. The average Bonchev–Trinajstić information content (AvgIpc) is 3.44. The van der Waals surface area contributed by atoms with Gasteiger partial charge in [-0.05, 0) is 35.6 Å². The Kier molecular flexibility index (Phi) is 8.69. The van der Waals surface area contributed by atoms with Gasteiger partial charge in [-0.15, -0.1) is 10.2 Å². The number of nitriles is 1. The van der Waals surface area contributed by atoms with Crippen LogP contribution >= 0.6 is 34.7 Å². The van der Waals surface area contributed by atoms with Gasteiger partial charge in [0.2, 0.25) is 11.0 Å². The first-order valence-corrected chi connectivity index (χ1v) is 15.4. The molecule has 13 heteroatoms. The highest BCUT2D eigenvalue weighted by atomic mass is 35.5. The van der Waals surface area contributed by atoms with Crippen molar-refractivity contribution in [2.75, 3.05) is 30.2 Å². The maximum absolute atomic E-state index is 13.7. The number of allylic oxidation sites excluding steroid dienone is 3. The number of thioether (sulfide) groups is 1. The highest BCUT2D eigenvalue weighted by Gasteiger charge is 2.45. The number of nitrogens with two attached hydrogens (primary N) is 1. The standard InChI is InChI=1S/C30H29ClN6O4S2/c1-30(2)12-21-26(22(38)13-30)25(17-7-5-6-8-19(17)31)18(14-32)27(33)37(21)28-35-36-29(43-28)42-15-24(39)34-20-10-9-16(40-3)11-23(20)41-4/h5-11,25H,12-13,15,33H2,1-4H3,(H,34,39). The number of hydrogen-bond donors (Lipinski definition) is 2. The summed E-state index contributed by atoms with van der Waals surface area (Å²) in [6.07, 6.45) is 0.854. The predicted octanol–water partition coefficient (Wildman–Crippen LogP) is 5.88. The van der Waals surface area contributed by atoms with E-state index < -0.39 is 5.92 Å². The van der Waals surface area contributed by atoms with Gasteiger partial charge in [0, 0.05) is 28.8 Å². The molecule has 1 aromatic heterocycles. The minimum Gasteiger partial charge on any atom is -0.497 e. The van der Waals surface area contributed by atoms with Crippen molar-refractivity contribution in [3.8, 4) is 17.6 Å². The zero-order chi connectivity index (χ0) is 30.9. The number of carbonyl (C=O) groups is 2. The molecule has 10 nitrogen and oxygen atoms in total. The van der Waals surface area contributed by atoms with Crippen molar-refractivity contribution in [2.24, 2.45) is 11.1 Å². The van der Waals surface area contributed by atoms with Gasteiger partial charge >= 0.3 is 0 Å². The highest BCUT2D eigenvalue weighted by Crippen LogP contribution is 2.51. The molecule has 2 aromatic carbocycles. The summed E-state index contributed by atoms with van der Waals surface area (Å²) in [6, 6.07) is 14.5. The van der Waals surface area contributed by atoms with Crippen LogP contribution in [0.15, 0.2) is 69.5 Å². The molecule has 0 radical (unpaired) electrons. The fourth-order valence-corrected chi connectivity index (χ4v) is 7.24. The average molecular weight is 637 g/mol. The number of nitrogens with one attached hydrogen (secondary N) is 1. The number of nitrogens with zero attached hydrogens (tertiary/aromatic N) is 4. The van der Waals surface area contributed by atoms with Gasteiger partial charge in [0.15, 0.2) is 10.1 Å². The molecule has 1 unspecified atom stereocenters. The molecule has 3 aromatic rings. The number of hydrogen-bond acceptors (Lipinski definition) is 11. The lowest BCUT2D eigenvalue weighted by molar-refractivity contribution is -0.118. The minimum absolute atomic E-state index is 0.0621. The van der Waals surface area contributed by atoms with Crippen molar-refractivity contribution in [1.29, 1.82) is 5.26 Å². The summed E-state index contributed by atoms with van der Waals surface area (Å²) in [5.41, 5.74) is 8.91. The van der Waals surface area contributed by atoms with Crippen LogP contribution in [0, 0.1) is 16.7 Å². The summed E-state index contributed by atoms with van der Waals surface area (Å²) >= 11 is 9.01. The van der Waals surface area contributed by atoms with Crippen LogP contribution in [0.25, 0.3) is 0 Å². The molecule has 0 saturated heterocycles. The van der Waals surface area contributed by atoms with Crippen molar-refractivity contribution in [1.82, 2.24) is 10.2 Å². The van der Waals surface area contributed by atoms with Gasteiger partial charge in [0.25, 0.3) is 0 Å². The zero-order valence-corrected chi connectivity index (χ0v) is 26.3. The van der Waals surface area contributed by atoms with Crippen LogP contribution in [0.5, 0.6) is 11.5 Å². The van der Waals surface area contributed by atoms with Gasteiger partial charge in [-0.2, -0.15) is 5.26 Å². The van der Waals surface area contributed by atoms with E-state index in [2.05, 4.69) is 21.6 Å². The number of amides is 1. The summed E-state index contributed by atoms with van der Waals surface area (Å²) < 4.78 is 11.1. The molecule has 0 saturated carbocycles. The smallest absolute Gasteiger partial charge is 0.234 e. The number of anilines is 2. The zero-order valence-electron chi connectivity index (χ0n) is 23.9.